The Hall–Kier alpha value is -3.07. The summed E-state index contributed by atoms with van der Waals surface area (Å²) in [7, 11) is 1.95. The van der Waals surface area contributed by atoms with Crippen LogP contribution in [0.1, 0.15) is 18.4 Å². The molecule has 0 unspecified atom stereocenters. The highest BCUT2D eigenvalue weighted by atomic mass is 19.4. The largest absolute Gasteiger partial charge is 0.417 e. The molecular weight excluding hydrogens is 399 g/mol. The zero-order chi connectivity index (χ0) is 21.7. The molecule has 1 heterocycles. The van der Waals surface area contributed by atoms with Crippen molar-refractivity contribution in [2.75, 3.05) is 30.8 Å². The van der Waals surface area contributed by atoms with Gasteiger partial charge in [0.15, 0.2) is 0 Å². The molecule has 0 spiro atoms. The molecule has 0 bridgehead atoms. The fourth-order valence-corrected chi connectivity index (χ4v) is 3.19. The Morgan fingerprint density at radius 3 is 2.20 bits per heavy atom. The van der Waals surface area contributed by atoms with Gasteiger partial charge in [-0.1, -0.05) is 18.2 Å². The molecule has 0 atom stereocenters. The summed E-state index contributed by atoms with van der Waals surface area (Å²) < 4.78 is 45.0. The molecule has 3 rings (SSSR count). The molecule has 0 aromatic heterocycles. The highest BCUT2D eigenvalue weighted by Gasteiger charge is 2.32. The van der Waals surface area contributed by atoms with E-state index in [1.54, 1.807) is 30.3 Å². The van der Waals surface area contributed by atoms with E-state index in [1.807, 2.05) is 7.05 Å². The lowest BCUT2D eigenvalue weighted by atomic mass is 9.96. The molecule has 2 N–H and O–H groups in total. The zero-order valence-corrected chi connectivity index (χ0v) is 16.3. The van der Waals surface area contributed by atoms with Crippen LogP contribution in [0.15, 0.2) is 48.5 Å². The third-order valence-electron chi connectivity index (χ3n) is 4.82. The molecule has 1 fully saturated rings. The SMILES string of the molecule is CN1CCC(C(=O)Nc2cc(NC(=O)Oc3ccccc3)cc(C(F)(F)F)c2)CC1. The summed E-state index contributed by atoms with van der Waals surface area (Å²) in [6.45, 7) is 1.50. The van der Waals surface area contributed by atoms with E-state index >= 15 is 0 Å². The third-order valence-corrected chi connectivity index (χ3v) is 4.82. The smallest absolute Gasteiger partial charge is 0.410 e. The molecule has 6 nitrogen and oxygen atoms in total. The van der Waals surface area contributed by atoms with E-state index in [-0.39, 0.29) is 28.9 Å². The number of anilines is 2. The monoisotopic (exact) mass is 421 g/mol. The van der Waals surface area contributed by atoms with Gasteiger partial charge in [-0.2, -0.15) is 13.2 Å². The van der Waals surface area contributed by atoms with Crippen molar-refractivity contribution in [3.63, 3.8) is 0 Å². The Kier molecular flexibility index (Phi) is 6.61. The first-order valence-electron chi connectivity index (χ1n) is 9.46. The number of hydrogen-bond donors (Lipinski definition) is 2. The fourth-order valence-electron chi connectivity index (χ4n) is 3.19. The molecule has 0 aliphatic carbocycles. The first-order valence-corrected chi connectivity index (χ1v) is 9.46. The first kappa shape index (κ1) is 21.6. The maximum atomic E-state index is 13.3. The molecule has 0 saturated carbocycles. The van der Waals surface area contributed by atoms with E-state index in [4.69, 9.17) is 4.74 Å². The Morgan fingerprint density at radius 2 is 1.60 bits per heavy atom. The second kappa shape index (κ2) is 9.17. The minimum absolute atomic E-state index is 0.0382. The number of carbonyl (C=O) groups is 2. The molecule has 0 radical (unpaired) electrons. The summed E-state index contributed by atoms with van der Waals surface area (Å²) in [4.78, 5) is 26.6. The van der Waals surface area contributed by atoms with Crippen molar-refractivity contribution < 1.29 is 27.5 Å². The number of halogens is 3. The van der Waals surface area contributed by atoms with E-state index in [0.29, 0.717) is 12.8 Å². The first-order chi connectivity index (χ1) is 14.2. The molecule has 2 aromatic carbocycles. The van der Waals surface area contributed by atoms with Crippen molar-refractivity contribution in [3.05, 3.63) is 54.1 Å². The van der Waals surface area contributed by atoms with Gasteiger partial charge in [-0.05, 0) is 63.3 Å². The van der Waals surface area contributed by atoms with Crippen molar-refractivity contribution in [2.24, 2.45) is 5.92 Å². The molecule has 1 aliphatic heterocycles. The predicted octanol–water partition coefficient (Wildman–Crippen LogP) is 4.60. The number of likely N-dealkylation sites (tertiary alicyclic amines) is 1. The van der Waals surface area contributed by atoms with E-state index < -0.39 is 17.8 Å². The summed E-state index contributed by atoms with van der Waals surface area (Å²) >= 11 is 0. The van der Waals surface area contributed by atoms with Crippen LogP contribution in [0.25, 0.3) is 0 Å². The van der Waals surface area contributed by atoms with Gasteiger partial charge < -0.3 is 15.0 Å². The van der Waals surface area contributed by atoms with Gasteiger partial charge in [-0.25, -0.2) is 4.79 Å². The molecule has 2 aromatic rings. The lowest BCUT2D eigenvalue weighted by Crippen LogP contribution is -2.35. The minimum Gasteiger partial charge on any atom is -0.410 e. The van der Waals surface area contributed by atoms with Gasteiger partial charge >= 0.3 is 12.3 Å². The van der Waals surface area contributed by atoms with Gasteiger partial charge in [0.25, 0.3) is 0 Å². The molecule has 1 saturated heterocycles. The quantitative estimate of drug-likeness (QED) is 0.757. The number of para-hydroxylation sites is 1. The van der Waals surface area contributed by atoms with Crippen LogP contribution in [0.2, 0.25) is 0 Å². The van der Waals surface area contributed by atoms with Gasteiger partial charge in [0.2, 0.25) is 5.91 Å². The van der Waals surface area contributed by atoms with Crippen molar-refractivity contribution in [1.82, 2.24) is 4.90 Å². The van der Waals surface area contributed by atoms with Crippen molar-refractivity contribution in [3.8, 4) is 5.75 Å². The highest BCUT2D eigenvalue weighted by Crippen LogP contribution is 2.34. The Labute approximate surface area is 172 Å². The molecule has 9 heteroatoms. The van der Waals surface area contributed by atoms with Crippen LogP contribution in [-0.4, -0.2) is 37.0 Å². The summed E-state index contributed by atoms with van der Waals surface area (Å²) in [5, 5.41) is 4.84. The summed E-state index contributed by atoms with van der Waals surface area (Å²) in [5.41, 5.74) is -1.16. The number of piperidine rings is 1. The van der Waals surface area contributed by atoms with Gasteiger partial charge in [0, 0.05) is 17.3 Å². The van der Waals surface area contributed by atoms with Crippen LogP contribution in [-0.2, 0) is 11.0 Å². The normalized spacial score (nSPS) is 15.5. The van der Waals surface area contributed by atoms with E-state index in [9.17, 15) is 22.8 Å². The summed E-state index contributed by atoms with van der Waals surface area (Å²) in [5.74, 6) is -0.354. The van der Waals surface area contributed by atoms with Crippen LogP contribution >= 0.6 is 0 Å². The van der Waals surface area contributed by atoms with Crippen LogP contribution in [0, 0.1) is 5.92 Å². The maximum absolute atomic E-state index is 13.3. The second-order valence-corrected chi connectivity index (χ2v) is 7.19. The summed E-state index contributed by atoms with van der Waals surface area (Å²) in [6, 6.07) is 11.0. The number of hydrogen-bond acceptors (Lipinski definition) is 4. The predicted molar refractivity (Wildman–Crippen MR) is 106 cm³/mol. The standard InChI is InChI=1S/C21H22F3N3O3/c1-27-9-7-14(8-10-27)19(28)25-16-11-15(21(22,23)24)12-17(13-16)26-20(29)30-18-5-3-2-4-6-18/h2-6,11-14H,7-10H2,1H3,(H,25,28)(H,26,29). The number of ether oxygens (including phenoxy) is 1. The molecule has 2 amide bonds. The topological polar surface area (TPSA) is 70.7 Å². The van der Waals surface area contributed by atoms with E-state index in [0.717, 1.165) is 25.2 Å². The van der Waals surface area contributed by atoms with Gasteiger partial charge in [0.05, 0.1) is 5.56 Å². The highest BCUT2D eigenvalue weighted by molar-refractivity contribution is 5.94. The van der Waals surface area contributed by atoms with Gasteiger partial charge in [-0.3, -0.25) is 10.1 Å². The third kappa shape index (κ3) is 5.96. The zero-order valence-electron chi connectivity index (χ0n) is 16.3. The molecular formula is C21H22F3N3O3. The maximum Gasteiger partial charge on any atom is 0.417 e. The van der Waals surface area contributed by atoms with Crippen molar-refractivity contribution in [1.29, 1.82) is 0 Å². The van der Waals surface area contributed by atoms with Crippen LogP contribution in [0.4, 0.5) is 29.3 Å². The van der Waals surface area contributed by atoms with Crippen molar-refractivity contribution in [2.45, 2.75) is 19.0 Å². The minimum atomic E-state index is -4.64. The fraction of sp³-hybridized carbons (Fsp3) is 0.333. The van der Waals surface area contributed by atoms with Crippen LogP contribution in [0.5, 0.6) is 5.75 Å². The number of carbonyl (C=O) groups excluding carboxylic acids is 2. The lowest BCUT2D eigenvalue weighted by molar-refractivity contribution is -0.137. The van der Waals surface area contributed by atoms with E-state index in [1.165, 1.54) is 6.07 Å². The Bertz CT molecular complexity index is 895. The van der Waals surface area contributed by atoms with Gasteiger partial charge in [-0.15, -0.1) is 0 Å². The lowest BCUT2D eigenvalue weighted by Gasteiger charge is -2.28. The van der Waals surface area contributed by atoms with Crippen LogP contribution < -0.4 is 15.4 Å². The number of benzene rings is 2. The van der Waals surface area contributed by atoms with Crippen LogP contribution in [0.3, 0.4) is 0 Å². The number of rotatable bonds is 4. The summed E-state index contributed by atoms with van der Waals surface area (Å²) in [6.07, 6.45) is -4.31. The molecule has 160 valence electrons. The average Bonchev–Trinajstić information content (AvgIpc) is 2.68. The number of nitrogens with zero attached hydrogens (tertiary/aromatic N) is 1. The second-order valence-electron chi connectivity index (χ2n) is 7.19. The van der Waals surface area contributed by atoms with Crippen molar-refractivity contribution >= 4 is 23.4 Å². The van der Waals surface area contributed by atoms with Gasteiger partial charge in [0.1, 0.15) is 5.75 Å². The number of nitrogens with one attached hydrogen (secondary N) is 2. The average molecular weight is 421 g/mol. The molecule has 30 heavy (non-hydrogen) atoms. The molecule has 1 aliphatic rings. The number of amides is 2. The van der Waals surface area contributed by atoms with E-state index in [2.05, 4.69) is 15.5 Å². The number of alkyl halides is 3. The Balaban J connectivity index is 1.74. The Morgan fingerprint density at radius 1 is 1.00 bits per heavy atom.